The second-order valence-electron chi connectivity index (χ2n) is 5.68. The van der Waals surface area contributed by atoms with E-state index in [0.29, 0.717) is 22.7 Å². The van der Waals surface area contributed by atoms with Crippen LogP contribution < -0.4 is 10.1 Å². The number of hydrogen-bond acceptors (Lipinski definition) is 6. The van der Waals surface area contributed by atoms with Crippen molar-refractivity contribution >= 4 is 21.6 Å². The van der Waals surface area contributed by atoms with Crippen LogP contribution in [-0.2, 0) is 21.2 Å². The predicted molar refractivity (Wildman–Crippen MR) is 92.2 cm³/mol. The minimum absolute atomic E-state index is 0.0184. The monoisotopic (exact) mass is 367 g/mol. The second-order valence-corrected chi connectivity index (χ2v) is 7.80. The van der Waals surface area contributed by atoms with Crippen LogP contribution in [0.15, 0.2) is 27.6 Å². The zero-order chi connectivity index (χ0) is 18.8. The molecule has 8 nitrogen and oxygen atoms in total. The summed E-state index contributed by atoms with van der Waals surface area (Å²) in [6.45, 7) is 3.49. The number of nitrogens with one attached hydrogen (secondary N) is 1. The molecule has 2 aromatic rings. The van der Waals surface area contributed by atoms with E-state index < -0.39 is 10.0 Å². The van der Waals surface area contributed by atoms with E-state index in [1.54, 1.807) is 19.9 Å². The molecule has 1 aromatic carbocycles. The lowest BCUT2D eigenvalue weighted by atomic mass is 10.1. The fourth-order valence-corrected chi connectivity index (χ4v) is 3.35. The normalized spacial score (nSPS) is 11.6. The number of hydrogen-bond donors (Lipinski definition) is 1. The Kier molecular flexibility index (Phi) is 5.48. The molecular weight excluding hydrogens is 346 g/mol. The zero-order valence-corrected chi connectivity index (χ0v) is 15.6. The first-order valence-electron chi connectivity index (χ1n) is 7.49. The molecule has 2 rings (SSSR count). The number of aromatic nitrogens is 1. The number of carbonyl (C=O) groups excluding carboxylic acids is 1. The maximum Gasteiger partial charge on any atom is 0.246 e. The number of rotatable bonds is 6. The molecule has 0 aliphatic carbocycles. The van der Waals surface area contributed by atoms with Gasteiger partial charge < -0.3 is 14.6 Å². The SMILES string of the molecule is COc1ccc(NC(=O)Cc2c(C)noc2C)cc1S(=O)(=O)N(C)C. The lowest BCUT2D eigenvalue weighted by molar-refractivity contribution is -0.115. The van der Waals surface area contributed by atoms with Gasteiger partial charge in [0.2, 0.25) is 15.9 Å². The Morgan fingerprint density at radius 2 is 2.00 bits per heavy atom. The lowest BCUT2D eigenvalue weighted by Gasteiger charge is -2.16. The van der Waals surface area contributed by atoms with Crippen molar-refractivity contribution in [1.29, 1.82) is 0 Å². The van der Waals surface area contributed by atoms with Gasteiger partial charge in [-0.3, -0.25) is 4.79 Å². The Hall–Kier alpha value is -2.39. The third kappa shape index (κ3) is 3.99. The zero-order valence-electron chi connectivity index (χ0n) is 14.8. The van der Waals surface area contributed by atoms with Crippen LogP contribution in [0.5, 0.6) is 5.75 Å². The summed E-state index contributed by atoms with van der Waals surface area (Å²) in [6.07, 6.45) is 0.0863. The standard InChI is InChI=1S/C16H21N3O5S/c1-10-13(11(2)24-18-10)9-16(20)17-12-6-7-14(23-5)15(8-12)25(21,22)19(3)4/h6-8H,9H2,1-5H3,(H,17,20). The van der Waals surface area contributed by atoms with Crippen molar-refractivity contribution in [1.82, 2.24) is 9.46 Å². The van der Waals surface area contributed by atoms with Crippen molar-refractivity contribution in [2.45, 2.75) is 25.2 Å². The van der Waals surface area contributed by atoms with Gasteiger partial charge in [0, 0.05) is 25.3 Å². The number of nitrogens with zero attached hydrogens (tertiary/aromatic N) is 2. The van der Waals surface area contributed by atoms with Crippen molar-refractivity contribution in [2.75, 3.05) is 26.5 Å². The molecule has 25 heavy (non-hydrogen) atoms. The van der Waals surface area contributed by atoms with Crippen LogP contribution in [-0.4, -0.2) is 45.0 Å². The van der Waals surface area contributed by atoms with Crippen LogP contribution in [0.4, 0.5) is 5.69 Å². The molecule has 1 N–H and O–H groups in total. The summed E-state index contributed by atoms with van der Waals surface area (Å²) >= 11 is 0. The van der Waals surface area contributed by atoms with Gasteiger partial charge in [0.15, 0.2) is 0 Å². The molecule has 0 bridgehead atoms. The Bertz CT molecular complexity index is 868. The van der Waals surface area contributed by atoms with Crippen molar-refractivity contribution in [3.8, 4) is 5.75 Å². The number of ether oxygens (including phenoxy) is 1. The highest BCUT2D eigenvalue weighted by atomic mass is 32.2. The minimum atomic E-state index is -3.71. The van der Waals surface area contributed by atoms with E-state index in [0.717, 1.165) is 4.31 Å². The molecule has 1 amide bonds. The highest BCUT2D eigenvalue weighted by molar-refractivity contribution is 7.89. The third-order valence-electron chi connectivity index (χ3n) is 3.72. The summed E-state index contributed by atoms with van der Waals surface area (Å²) in [4.78, 5) is 12.2. The lowest BCUT2D eigenvalue weighted by Crippen LogP contribution is -2.23. The van der Waals surface area contributed by atoms with Crippen molar-refractivity contribution in [2.24, 2.45) is 0 Å². The Morgan fingerprint density at radius 1 is 1.32 bits per heavy atom. The molecular formula is C16H21N3O5S. The fraction of sp³-hybridized carbons (Fsp3) is 0.375. The number of carbonyl (C=O) groups is 1. The highest BCUT2D eigenvalue weighted by Gasteiger charge is 2.23. The van der Waals surface area contributed by atoms with E-state index >= 15 is 0 Å². The van der Waals surface area contributed by atoms with Gasteiger partial charge in [0.25, 0.3) is 0 Å². The molecule has 1 heterocycles. The van der Waals surface area contributed by atoms with Crippen molar-refractivity contribution in [3.05, 3.63) is 35.2 Å². The number of sulfonamides is 1. The molecule has 0 aliphatic heterocycles. The van der Waals surface area contributed by atoms with Gasteiger partial charge >= 0.3 is 0 Å². The number of methoxy groups -OCH3 is 1. The molecule has 0 unspecified atom stereocenters. The molecule has 0 aliphatic rings. The van der Waals surface area contributed by atoms with E-state index in [-0.39, 0.29) is 23.0 Å². The summed E-state index contributed by atoms with van der Waals surface area (Å²) in [5, 5.41) is 6.50. The summed E-state index contributed by atoms with van der Waals surface area (Å²) in [6, 6.07) is 4.46. The largest absolute Gasteiger partial charge is 0.495 e. The first-order valence-corrected chi connectivity index (χ1v) is 8.93. The minimum Gasteiger partial charge on any atom is -0.495 e. The Balaban J connectivity index is 2.27. The van der Waals surface area contributed by atoms with E-state index in [4.69, 9.17) is 9.26 Å². The maximum absolute atomic E-state index is 12.4. The number of benzene rings is 1. The molecule has 0 spiro atoms. The van der Waals surface area contributed by atoms with Gasteiger partial charge in [-0.25, -0.2) is 12.7 Å². The molecule has 0 fully saturated rings. The van der Waals surface area contributed by atoms with Crippen LogP contribution >= 0.6 is 0 Å². The number of anilines is 1. The number of amides is 1. The second kappa shape index (κ2) is 7.24. The topological polar surface area (TPSA) is 102 Å². The van der Waals surface area contributed by atoms with Crippen molar-refractivity contribution in [3.63, 3.8) is 0 Å². The van der Waals surface area contributed by atoms with Gasteiger partial charge in [-0.05, 0) is 32.0 Å². The summed E-state index contributed by atoms with van der Waals surface area (Å²) < 4.78 is 36.1. The average molecular weight is 367 g/mol. The smallest absolute Gasteiger partial charge is 0.246 e. The molecule has 9 heteroatoms. The predicted octanol–water partition coefficient (Wildman–Crippen LogP) is 1.73. The van der Waals surface area contributed by atoms with Gasteiger partial charge in [-0.2, -0.15) is 0 Å². The van der Waals surface area contributed by atoms with Gasteiger partial charge in [-0.1, -0.05) is 5.16 Å². The first-order chi connectivity index (χ1) is 11.7. The van der Waals surface area contributed by atoms with Crippen LogP contribution in [0.2, 0.25) is 0 Å². The quantitative estimate of drug-likeness (QED) is 0.834. The molecule has 1 aromatic heterocycles. The summed E-state index contributed by atoms with van der Waals surface area (Å²) in [5.74, 6) is 0.489. The van der Waals surface area contributed by atoms with Crippen LogP contribution in [0.1, 0.15) is 17.0 Å². The Morgan fingerprint density at radius 3 is 2.52 bits per heavy atom. The first kappa shape index (κ1) is 18.9. The molecule has 136 valence electrons. The average Bonchev–Trinajstić information content (AvgIpc) is 2.86. The van der Waals surface area contributed by atoms with Gasteiger partial charge in [0.05, 0.1) is 19.2 Å². The molecule has 0 saturated heterocycles. The van der Waals surface area contributed by atoms with Gasteiger partial charge in [-0.15, -0.1) is 0 Å². The van der Waals surface area contributed by atoms with Gasteiger partial charge in [0.1, 0.15) is 16.4 Å². The third-order valence-corrected chi connectivity index (χ3v) is 5.56. The molecule has 0 saturated carbocycles. The van der Waals surface area contributed by atoms with E-state index in [2.05, 4.69) is 10.5 Å². The molecule has 0 radical (unpaired) electrons. The maximum atomic E-state index is 12.4. The van der Waals surface area contributed by atoms with E-state index in [1.165, 1.54) is 33.3 Å². The van der Waals surface area contributed by atoms with Crippen molar-refractivity contribution < 1.29 is 22.5 Å². The molecule has 0 atom stereocenters. The van der Waals surface area contributed by atoms with E-state index in [9.17, 15) is 13.2 Å². The summed E-state index contributed by atoms with van der Waals surface area (Å²) in [5.41, 5.74) is 1.73. The summed E-state index contributed by atoms with van der Waals surface area (Å²) in [7, 11) is 0.535. The van der Waals surface area contributed by atoms with Crippen LogP contribution in [0.25, 0.3) is 0 Å². The highest BCUT2D eigenvalue weighted by Crippen LogP contribution is 2.29. The fourth-order valence-electron chi connectivity index (χ4n) is 2.27. The van der Waals surface area contributed by atoms with Crippen LogP contribution in [0, 0.1) is 13.8 Å². The number of aryl methyl sites for hydroxylation is 2. The van der Waals surface area contributed by atoms with Crippen LogP contribution in [0.3, 0.4) is 0 Å². The Labute approximate surface area is 146 Å². The van der Waals surface area contributed by atoms with E-state index in [1.807, 2.05) is 0 Å².